The number of methoxy groups -OCH3 is 1. The van der Waals surface area contributed by atoms with Gasteiger partial charge in [-0.25, -0.2) is 59.4 Å². The number of nitrogens with zero attached hydrogens (tertiary/aromatic N) is 5. The summed E-state index contributed by atoms with van der Waals surface area (Å²) in [6.07, 6.45) is 5.35. The Morgan fingerprint density at radius 3 is 1.90 bits per heavy atom. The number of halogens is 8. The molecule has 0 bridgehead atoms. The summed E-state index contributed by atoms with van der Waals surface area (Å²) in [4.78, 5) is 48.1. The molecule has 0 amide bonds. The van der Waals surface area contributed by atoms with Crippen LogP contribution in [0.3, 0.4) is 0 Å². The maximum Gasteiger partial charge on any atom is 0.359 e. The van der Waals surface area contributed by atoms with Crippen molar-refractivity contribution in [3.63, 3.8) is 0 Å². The van der Waals surface area contributed by atoms with Gasteiger partial charge in [-0.2, -0.15) is 0 Å². The Bertz CT molecular complexity index is 2470. The highest BCUT2D eigenvalue weighted by Crippen LogP contribution is 2.44. The van der Waals surface area contributed by atoms with Gasteiger partial charge in [0.1, 0.15) is 18.3 Å². The summed E-state index contributed by atoms with van der Waals surface area (Å²) in [5, 5.41) is 0.797. The van der Waals surface area contributed by atoms with E-state index in [-0.39, 0.29) is 72.2 Å². The fourth-order valence-electron chi connectivity index (χ4n) is 4.32. The Balaban J connectivity index is 0.000000334. The number of fused-ring (bicyclic) bond motifs is 1. The van der Waals surface area contributed by atoms with Crippen LogP contribution in [0.2, 0.25) is 25.2 Å². The van der Waals surface area contributed by atoms with Gasteiger partial charge in [0.25, 0.3) is 10.0 Å². The Morgan fingerprint density at radius 2 is 1.39 bits per heavy atom. The van der Waals surface area contributed by atoms with E-state index in [2.05, 4.69) is 29.4 Å². The van der Waals surface area contributed by atoms with Crippen molar-refractivity contribution in [2.45, 2.75) is 33.4 Å². The first-order chi connectivity index (χ1) is 29.0. The van der Waals surface area contributed by atoms with E-state index in [1.54, 1.807) is 33.8 Å². The van der Waals surface area contributed by atoms with Crippen LogP contribution < -0.4 is 9.03 Å². The lowest BCUT2D eigenvalue weighted by Gasteiger charge is -2.31. The number of alkyl halides is 2. The van der Waals surface area contributed by atoms with E-state index in [9.17, 15) is 40.0 Å². The molecule has 2 aromatic carbocycles. The largest absolute Gasteiger partial charge is 0.464 e. The second kappa shape index (κ2) is 25.5. The minimum Gasteiger partial charge on any atom is -0.464 e. The number of esters is 2. The molecule has 0 fully saturated rings. The van der Waals surface area contributed by atoms with Crippen molar-refractivity contribution in [3.05, 3.63) is 109 Å². The number of rotatable bonds is 12. The van der Waals surface area contributed by atoms with E-state index < -0.39 is 62.7 Å². The lowest BCUT2D eigenvalue weighted by atomic mass is 10.1. The third kappa shape index (κ3) is 16.1. The van der Waals surface area contributed by atoms with Gasteiger partial charge in [-0.15, -0.1) is 0 Å². The van der Waals surface area contributed by atoms with Crippen LogP contribution in [0.15, 0.2) is 61.2 Å². The average molecular weight is 1030 g/mol. The summed E-state index contributed by atoms with van der Waals surface area (Å²) in [6.45, 7) is 4.29. The molecule has 0 unspecified atom stereocenters. The van der Waals surface area contributed by atoms with Gasteiger partial charge < -0.3 is 9.47 Å². The predicted molar refractivity (Wildman–Crippen MR) is 236 cm³/mol. The molecule has 0 saturated heterocycles. The molecule has 62 heavy (non-hydrogen) atoms. The summed E-state index contributed by atoms with van der Waals surface area (Å²) in [6, 6.07) is 8.72. The highest BCUT2D eigenvalue weighted by Gasteiger charge is 2.42. The molecular weight excluding hydrogens is 987 g/mol. The van der Waals surface area contributed by atoms with Crippen LogP contribution in [-0.4, -0.2) is 87.5 Å². The number of ether oxygens (including phenoxy) is 2. The number of carbonyl (C=O) groups excluding carboxylic acids is 3. The third-order valence-electron chi connectivity index (χ3n) is 7.29. The van der Waals surface area contributed by atoms with Gasteiger partial charge in [-0.05, 0) is 41.4 Å². The summed E-state index contributed by atoms with van der Waals surface area (Å²) < 4.78 is 87.4. The third-order valence-corrected chi connectivity index (χ3v) is 12.3. The first-order valence-corrected chi connectivity index (χ1v) is 22.9. The molecule has 1 aliphatic rings. The number of sulfonamides is 2. The maximum atomic E-state index is 13.4. The van der Waals surface area contributed by atoms with E-state index in [1.807, 2.05) is 0 Å². The van der Waals surface area contributed by atoms with Crippen LogP contribution in [0.5, 0.6) is 0 Å². The molecule has 3 heterocycles. The molecule has 0 spiro atoms. The van der Waals surface area contributed by atoms with Crippen molar-refractivity contribution in [2.75, 3.05) is 37.9 Å². The van der Waals surface area contributed by atoms with E-state index in [1.165, 1.54) is 62.2 Å². The minimum atomic E-state index is -4.38. The Kier molecular flexibility index (Phi) is 22.3. The second-order valence-corrected chi connectivity index (χ2v) is 18.6. The predicted octanol–water partition coefficient (Wildman–Crippen LogP) is 8.63. The first-order valence-electron chi connectivity index (χ1n) is 17.6. The number of benzene rings is 2. The standard InChI is InChI=1S/C18H16Cl2FN3O4S.C9H10Cl2FNO2S.C6H5ClN2O2.C4H7ClO/c1-10(2)18(25)28-15-14-17(23-7-6-22-14)24(8-5-21)29(26,27)16(15)12-4-3-11(19)9-13(12)20;10-8-2-1-7(9(11)5-8)6-16(14,15)13-4-3-12;1-11-6(10)4-5(7)9-3-2-8-4;1-3(2)4(5)6/h3-4,6-7,9-10H,5,8H2,1-2H3;1-2,5,13H,3-4,6H2;2-3H,1H3;3H,1-2H3. The number of hydrogen-bond acceptors (Lipinski definition) is 13. The van der Waals surface area contributed by atoms with Crippen molar-refractivity contribution < 1.29 is 49.5 Å². The molecule has 1 aliphatic heterocycles. The topological polar surface area (TPSA) is 205 Å². The minimum absolute atomic E-state index is 0.00853. The fraction of sp³-hybridized carbons (Fsp3) is 0.324. The SMILES string of the molecule is CC(C)C(=O)Cl.CC(C)C(=O)OC1=C(c2ccc(Cl)cc2Cl)S(=O)(=O)N(CCF)c2nccnc21.COC(=O)c1nccnc1Cl.O=S(=O)(Cc1ccc(Cl)cc1Cl)NCCF. The van der Waals surface area contributed by atoms with Crippen LogP contribution in [0.25, 0.3) is 10.7 Å². The summed E-state index contributed by atoms with van der Waals surface area (Å²) in [5.74, 6) is -2.56. The van der Waals surface area contributed by atoms with Crippen LogP contribution in [-0.2, 0) is 44.9 Å². The summed E-state index contributed by atoms with van der Waals surface area (Å²) in [5.41, 5.74) is 0.502. The highest BCUT2D eigenvalue weighted by molar-refractivity contribution is 8.02. The fourth-order valence-corrected chi connectivity index (χ4v) is 8.48. The number of aromatic nitrogens is 4. The zero-order valence-corrected chi connectivity index (χ0v) is 39.4. The lowest BCUT2D eigenvalue weighted by molar-refractivity contribution is -0.140. The van der Waals surface area contributed by atoms with Crippen LogP contribution in [0, 0.1) is 11.8 Å². The summed E-state index contributed by atoms with van der Waals surface area (Å²) in [7, 11) is -6.68. The second-order valence-electron chi connectivity index (χ2n) is 12.6. The number of hydrogen-bond donors (Lipinski definition) is 1. The van der Waals surface area contributed by atoms with Crippen LogP contribution in [0.4, 0.5) is 14.6 Å². The Labute approximate surface area is 387 Å². The smallest absolute Gasteiger partial charge is 0.359 e. The Morgan fingerprint density at radius 1 is 0.823 bits per heavy atom. The molecule has 338 valence electrons. The Hall–Kier alpha value is -3.79. The summed E-state index contributed by atoms with van der Waals surface area (Å²) >= 11 is 34.2. The molecule has 25 heteroatoms. The molecule has 0 aliphatic carbocycles. The van der Waals surface area contributed by atoms with E-state index >= 15 is 0 Å². The zero-order chi connectivity index (χ0) is 46.9. The zero-order valence-electron chi connectivity index (χ0n) is 33.2. The van der Waals surface area contributed by atoms with Crippen LogP contribution >= 0.6 is 69.6 Å². The molecular formula is C37H38Cl6F2N6O9S2. The van der Waals surface area contributed by atoms with E-state index in [0.717, 1.165) is 4.31 Å². The van der Waals surface area contributed by atoms with Gasteiger partial charge >= 0.3 is 11.9 Å². The first kappa shape index (κ1) is 54.3. The lowest BCUT2D eigenvalue weighted by Crippen LogP contribution is -2.38. The van der Waals surface area contributed by atoms with Crippen molar-refractivity contribution in [2.24, 2.45) is 11.8 Å². The quantitative estimate of drug-likeness (QED) is 0.104. The van der Waals surface area contributed by atoms with E-state index in [4.69, 9.17) is 74.3 Å². The number of anilines is 1. The average Bonchev–Trinajstić information content (AvgIpc) is 3.20. The molecule has 0 saturated carbocycles. The number of carbonyl (C=O) groups is 3. The van der Waals surface area contributed by atoms with Crippen molar-refractivity contribution in [1.82, 2.24) is 24.7 Å². The molecule has 15 nitrogen and oxygen atoms in total. The molecule has 2 aromatic heterocycles. The van der Waals surface area contributed by atoms with Crippen LogP contribution in [0.1, 0.15) is 55.0 Å². The van der Waals surface area contributed by atoms with Gasteiger partial charge in [0.15, 0.2) is 28.1 Å². The molecule has 4 aromatic rings. The van der Waals surface area contributed by atoms with Crippen molar-refractivity contribution in [1.29, 1.82) is 0 Å². The van der Waals surface area contributed by atoms with E-state index in [0.29, 0.717) is 10.6 Å². The maximum absolute atomic E-state index is 13.4. The molecule has 5 rings (SSSR count). The molecule has 0 radical (unpaired) electrons. The van der Waals surface area contributed by atoms with Gasteiger partial charge in [-0.1, -0.05) is 97.8 Å². The normalized spacial score (nSPS) is 12.8. The highest BCUT2D eigenvalue weighted by atomic mass is 35.5. The van der Waals surface area contributed by atoms with Gasteiger partial charge in [-0.3, -0.25) is 9.59 Å². The van der Waals surface area contributed by atoms with Gasteiger partial charge in [0, 0.05) is 57.9 Å². The monoisotopic (exact) mass is 1020 g/mol. The molecule has 1 N–H and O–H groups in total. The van der Waals surface area contributed by atoms with Crippen molar-refractivity contribution in [3.8, 4) is 0 Å². The van der Waals surface area contributed by atoms with Gasteiger partial charge in [0.2, 0.25) is 15.3 Å². The van der Waals surface area contributed by atoms with Crippen molar-refractivity contribution >= 4 is 123 Å². The molecule has 0 atom stereocenters. The number of nitrogens with one attached hydrogen (secondary N) is 1. The van der Waals surface area contributed by atoms with Gasteiger partial charge in [0.05, 0.1) is 30.3 Å².